The van der Waals surface area contributed by atoms with Crippen molar-refractivity contribution in [3.05, 3.63) is 59.9 Å². The molecule has 1 aliphatic rings. The largest absolute Gasteiger partial charge is 0.378 e. The lowest BCUT2D eigenvalue weighted by Gasteiger charge is -2.29. The Morgan fingerprint density at radius 1 is 1.15 bits per heavy atom. The van der Waals surface area contributed by atoms with Crippen LogP contribution in [-0.2, 0) is 9.53 Å². The number of rotatable bonds is 6. The molecular formula is C20H23FN2O2S. The van der Waals surface area contributed by atoms with E-state index in [9.17, 15) is 9.18 Å². The van der Waals surface area contributed by atoms with Crippen LogP contribution in [0.5, 0.6) is 0 Å². The Balaban J connectivity index is 1.49. The number of hydrogen-bond acceptors (Lipinski definition) is 4. The molecule has 1 saturated heterocycles. The van der Waals surface area contributed by atoms with Gasteiger partial charge in [-0.25, -0.2) is 4.39 Å². The molecule has 1 heterocycles. The third-order valence-corrected chi connectivity index (χ3v) is 5.34. The fourth-order valence-electron chi connectivity index (χ4n) is 2.84. The number of nitrogens with zero attached hydrogens (tertiary/aromatic N) is 1. The van der Waals surface area contributed by atoms with Crippen molar-refractivity contribution in [3.8, 4) is 0 Å². The quantitative estimate of drug-likeness (QED) is 0.784. The number of morpholine rings is 1. The fraction of sp³-hybridized carbons (Fsp3) is 0.350. The molecule has 0 bridgehead atoms. The number of hydrogen-bond donors (Lipinski definition) is 1. The molecule has 1 N–H and O–H groups in total. The van der Waals surface area contributed by atoms with Crippen LogP contribution in [0.15, 0.2) is 53.4 Å². The number of ether oxygens (including phenoxy) is 1. The van der Waals surface area contributed by atoms with E-state index in [4.69, 9.17) is 4.74 Å². The lowest BCUT2D eigenvalue weighted by molar-refractivity contribution is -0.119. The molecule has 0 aliphatic carbocycles. The number of carbonyl (C=O) groups excluding carboxylic acids is 1. The van der Waals surface area contributed by atoms with Crippen molar-refractivity contribution in [2.45, 2.75) is 17.9 Å². The van der Waals surface area contributed by atoms with E-state index >= 15 is 0 Å². The molecule has 0 spiro atoms. The van der Waals surface area contributed by atoms with Crippen molar-refractivity contribution in [1.82, 2.24) is 5.32 Å². The van der Waals surface area contributed by atoms with Crippen molar-refractivity contribution >= 4 is 23.4 Å². The summed E-state index contributed by atoms with van der Waals surface area (Å²) in [4.78, 5) is 15.3. The Bertz CT molecular complexity index is 716. The number of halogens is 1. The van der Waals surface area contributed by atoms with E-state index in [0.717, 1.165) is 36.8 Å². The minimum atomic E-state index is -0.270. The van der Waals surface area contributed by atoms with Gasteiger partial charge >= 0.3 is 0 Å². The molecule has 26 heavy (non-hydrogen) atoms. The molecule has 1 amide bonds. The van der Waals surface area contributed by atoms with Crippen molar-refractivity contribution in [2.24, 2.45) is 0 Å². The molecule has 6 heteroatoms. The van der Waals surface area contributed by atoms with Gasteiger partial charge in [0.25, 0.3) is 0 Å². The summed E-state index contributed by atoms with van der Waals surface area (Å²) in [6.45, 7) is 5.32. The SMILES string of the molecule is CC(NC(=O)CSc1ccc(F)cc1)c1ccc(N2CCOCC2)cc1. The maximum atomic E-state index is 12.9. The Kier molecular flexibility index (Phi) is 6.52. The summed E-state index contributed by atoms with van der Waals surface area (Å²) in [6, 6.07) is 14.4. The van der Waals surface area contributed by atoms with Crippen LogP contribution >= 0.6 is 11.8 Å². The van der Waals surface area contributed by atoms with Crippen molar-refractivity contribution in [1.29, 1.82) is 0 Å². The first-order valence-corrected chi connectivity index (χ1v) is 9.71. The molecule has 4 nitrogen and oxygen atoms in total. The highest BCUT2D eigenvalue weighted by atomic mass is 32.2. The molecule has 3 rings (SSSR count). The van der Waals surface area contributed by atoms with E-state index < -0.39 is 0 Å². The maximum Gasteiger partial charge on any atom is 0.230 e. The molecule has 1 aliphatic heterocycles. The van der Waals surface area contributed by atoms with E-state index in [0.29, 0.717) is 5.75 Å². The molecule has 1 atom stereocenters. The van der Waals surface area contributed by atoms with Crippen LogP contribution in [0.2, 0.25) is 0 Å². The van der Waals surface area contributed by atoms with Crippen LogP contribution in [0.25, 0.3) is 0 Å². The van der Waals surface area contributed by atoms with Crippen molar-refractivity contribution < 1.29 is 13.9 Å². The van der Waals surface area contributed by atoms with Gasteiger partial charge in [0.05, 0.1) is 25.0 Å². The number of anilines is 1. The second-order valence-corrected chi connectivity index (χ2v) is 7.27. The van der Waals surface area contributed by atoms with Crippen LogP contribution in [0.4, 0.5) is 10.1 Å². The van der Waals surface area contributed by atoms with Gasteiger partial charge in [0, 0.05) is 23.7 Å². The van der Waals surface area contributed by atoms with Crippen LogP contribution in [0, 0.1) is 5.82 Å². The van der Waals surface area contributed by atoms with E-state index in [1.54, 1.807) is 12.1 Å². The Morgan fingerprint density at radius 2 is 1.81 bits per heavy atom. The highest BCUT2D eigenvalue weighted by molar-refractivity contribution is 8.00. The van der Waals surface area contributed by atoms with Crippen LogP contribution in [0.3, 0.4) is 0 Å². The van der Waals surface area contributed by atoms with Crippen LogP contribution in [-0.4, -0.2) is 38.0 Å². The fourth-order valence-corrected chi connectivity index (χ4v) is 3.55. The summed E-state index contributed by atoms with van der Waals surface area (Å²) < 4.78 is 18.3. The number of carbonyl (C=O) groups is 1. The summed E-state index contributed by atoms with van der Waals surface area (Å²) in [7, 11) is 0. The van der Waals surface area contributed by atoms with Gasteiger partial charge in [-0.2, -0.15) is 0 Å². The highest BCUT2D eigenvalue weighted by Gasteiger charge is 2.13. The lowest BCUT2D eigenvalue weighted by Crippen LogP contribution is -2.36. The van der Waals surface area contributed by atoms with Crippen LogP contribution < -0.4 is 10.2 Å². The zero-order chi connectivity index (χ0) is 18.4. The number of nitrogens with one attached hydrogen (secondary N) is 1. The van der Waals surface area contributed by atoms with Gasteiger partial charge in [-0.05, 0) is 48.9 Å². The van der Waals surface area contributed by atoms with Gasteiger partial charge in [0.1, 0.15) is 5.82 Å². The van der Waals surface area contributed by atoms with Gasteiger partial charge in [0.15, 0.2) is 0 Å². The first-order valence-electron chi connectivity index (χ1n) is 8.72. The predicted molar refractivity (Wildman–Crippen MR) is 103 cm³/mol. The molecule has 0 aromatic heterocycles. The van der Waals surface area contributed by atoms with E-state index in [1.807, 2.05) is 6.92 Å². The third-order valence-electron chi connectivity index (χ3n) is 4.33. The predicted octanol–water partition coefficient (Wildman–Crippen LogP) is 3.63. The standard InChI is InChI=1S/C20H23FN2O2S/c1-15(22-20(24)14-26-19-8-4-17(21)5-9-19)16-2-6-18(7-3-16)23-10-12-25-13-11-23/h2-9,15H,10-14H2,1H3,(H,22,24). The minimum absolute atomic E-state index is 0.0379. The Labute approximate surface area is 157 Å². The monoisotopic (exact) mass is 374 g/mol. The van der Waals surface area contributed by atoms with Gasteiger partial charge in [-0.15, -0.1) is 11.8 Å². The summed E-state index contributed by atoms with van der Waals surface area (Å²) >= 11 is 1.40. The Morgan fingerprint density at radius 3 is 2.46 bits per heavy atom. The average Bonchev–Trinajstić information content (AvgIpc) is 2.68. The topological polar surface area (TPSA) is 41.6 Å². The highest BCUT2D eigenvalue weighted by Crippen LogP contribution is 2.21. The summed E-state index contributed by atoms with van der Waals surface area (Å²) in [5, 5.41) is 3.01. The zero-order valence-electron chi connectivity index (χ0n) is 14.8. The Hall–Kier alpha value is -2.05. The number of thioether (sulfide) groups is 1. The maximum absolute atomic E-state index is 12.9. The summed E-state index contributed by atoms with van der Waals surface area (Å²) in [5.41, 5.74) is 2.25. The first-order chi connectivity index (χ1) is 12.6. The number of amides is 1. The van der Waals surface area contributed by atoms with E-state index in [2.05, 4.69) is 34.5 Å². The molecule has 1 fully saturated rings. The van der Waals surface area contributed by atoms with E-state index in [1.165, 1.54) is 29.6 Å². The van der Waals surface area contributed by atoms with Gasteiger partial charge in [-0.1, -0.05) is 12.1 Å². The summed E-state index contributed by atoms with van der Waals surface area (Å²) in [5.74, 6) is -0.000930. The molecule has 2 aromatic carbocycles. The second kappa shape index (κ2) is 9.05. The second-order valence-electron chi connectivity index (χ2n) is 6.22. The molecule has 1 unspecified atom stereocenters. The molecular weight excluding hydrogens is 351 g/mol. The van der Waals surface area contributed by atoms with Crippen LogP contribution in [0.1, 0.15) is 18.5 Å². The molecule has 138 valence electrons. The van der Waals surface area contributed by atoms with Crippen molar-refractivity contribution in [3.63, 3.8) is 0 Å². The van der Waals surface area contributed by atoms with Gasteiger partial charge < -0.3 is 15.0 Å². The lowest BCUT2D eigenvalue weighted by atomic mass is 10.1. The molecule has 0 saturated carbocycles. The van der Waals surface area contributed by atoms with Gasteiger partial charge in [0.2, 0.25) is 5.91 Å². The first kappa shape index (κ1) is 18.7. The van der Waals surface area contributed by atoms with E-state index in [-0.39, 0.29) is 17.8 Å². The zero-order valence-corrected chi connectivity index (χ0v) is 15.6. The van der Waals surface area contributed by atoms with Gasteiger partial charge in [-0.3, -0.25) is 4.79 Å². The van der Waals surface area contributed by atoms with Crippen molar-refractivity contribution in [2.75, 3.05) is 37.0 Å². The number of benzene rings is 2. The average molecular weight is 374 g/mol. The normalized spacial score (nSPS) is 15.5. The molecule has 0 radical (unpaired) electrons. The minimum Gasteiger partial charge on any atom is -0.378 e. The smallest absolute Gasteiger partial charge is 0.230 e. The third kappa shape index (κ3) is 5.22. The summed E-state index contributed by atoms with van der Waals surface area (Å²) in [6.07, 6.45) is 0. The molecule has 2 aromatic rings.